The van der Waals surface area contributed by atoms with Crippen LogP contribution >= 0.6 is 11.6 Å². The van der Waals surface area contributed by atoms with Crippen LogP contribution in [0.15, 0.2) is 30.6 Å². The van der Waals surface area contributed by atoms with E-state index in [-0.39, 0.29) is 5.15 Å². The predicted molar refractivity (Wildman–Crippen MR) is 78.1 cm³/mol. The number of anilines is 1. The first-order valence-corrected chi connectivity index (χ1v) is 6.48. The Labute approximate surface area is 122 Å². The SMILES string of the molecule is COCc1ccccc1CNc1ncnc(Cl)c1OC. The predicted octanol–water partition coefficient (Wildman–Crippen LogP) is 2.90. The number of rotatable bonds is 6. The molecular formula is C14H16ClN3O2. The summed E-state index contributed by atoms with van der Waals surface area (Å²) in [5.41, 5.74) is 2.26. The minimum Gasteiger partial charge on any atom is -0.490 e. The molecule has 1 aromatic carbocycles. The third kappa shape index (κ3) is 3.37. The van der Waals surface area contributed by atoms with Gasteiger partial charge >= 0.3 is 0 Å². The molecule has 0 saturated heterocycles. The molecule has 0 aliphatic rings. The maximum Gasteiger partial charge on any atom is 0.198 e. The quantitative estimate of drug-likeness (QED) is 0.830. The summed E-state index contributed by atoms with van der Waals surface area (Å²) in [5.74, 6) is 1.01. The van der Waals surface area contributed by atoms with Crippen LogP contribution in [0.5, 0.6) is 5.75 Å². The standard InChI is InChI=1S/C14H16ClN3O2/c1-19-8-11-6-4-3-5-10(11)7-16-14-12(20-2)13(15)17-9-18-14/h3-6,9H,7-8H2,1-2H3,(H,16,17,18). The van der Waals surface area contributed by atoms with Crippen LogP contribution in [0.2, 0.25) is 5.15 Å². The highest BCUT2D eigenvalue weighted by Crippen LogP contribution is 2.28. The molecule has 1 heterocycles. The maximum absolute atomic E-state index is 5.96. The highest BCUT2D eigenvalue weighted by molar-refractivity contribution is 6.31. The topological polar surface area (TPSA) is 56.3 Å². The molecule has 106 valence electrons. The summed E-state index contributed by atoms with van der Waals surface area (Å²) in [7, 11) is 3.21. The highest BCUT2D eigenvalue weighted by Gasteiger charge is 2.10. The number of nitrogens with one attached hydrogen (secondary N) is 1. The largest absolute Gasteiger partial charge is 0.490 e. The zero-order valence-electron chi connectivity index (χ0n) is 11.4. The van der Waals surface area contributed by atoms with Gasteiger partial charge in [0.1, 0.15) is 6.33 Å². The molecule has 0 unspecified atom stereocenters. The number of ether oxygens (including phenoxy) is 2. The number of hydrogen-bond donors (Lipinski definition) is 1. The monoisotopic (exact) mass is 293 g/mol. The van der Waals surface area contributed by atoms with Gasteiger partial charge in [-0.25, -0.2) is 9.97 Å². The van der Waals surface area contributed by atoms with Gasteiger partial charge in [-0.3, -0.25) is 0 Å². The Kier molecular flexibility index (Phi) is 5.15. The first-order chi connectivity index (χ1) is 9.76. The molecule has 20 heavy (non-hydrogen) atoms. The number of hydrogen-bond acceptors (Lipinski definition) is 5. The Bertz CT molecular complexity index is 578. The molecule has 6 heteroatoms. The van der Waals surface area contributed by atoms with Crippen LogP contribution in [0.1, 0.15) is 11.1 Å². The second kappa shape index (κ2) is 7.07. The van der Waals surface area contributed by atoms with Crippen LogP contribution in [-0.2, 0) is 17.9 Å². The van der Waals surface area contributed by atoms with E-state index in [1.165, 1.54) is 13.4 Å². The summed E-state index contributed by atoms with van der Waals surface area (Å²) in [6.45, 7) is 1.17. The summed E-state index contributed by atoms with van der Waals surface area (Å²) in [6.07, 6.45) is 1.40. The summed E-state index contributed by atoms with van der Waals surface area (Å²) in [6, 6.07) is 8.04. The van der Waals surface area contributed by atoms with Crippen LogP contribution < -0.4 is 10.1 Å². The lowest BCUT2D eigenvalue weighted by Crippen LogP contribution is -2.06. The van der Waals surface area contributed by atoms with E-state index >= 15 is 0 Å². The number of nitrogens with zero attached hydrogens (tertiary/aromatic N) is 2. The van der Waals surface area contributed by atoms with E-state index in [2.05, 4.69) is 15.3 Å². The van der Waals surface area contributed by atoms with Crippen molar-refractivity contribution in [3.05, 3.63) is 46.9 Å². The average Bonchev–Trinajstić information content (AvgIpc) is 2.47. The van der Waals surface area contributed by atoms with Crippen molar-refractivity contribution in [3.63, 3.8) is 0 Å². The number of halogens is 1. The first-order valence-electron chi connectivity index (χ1n) is 6.10. The van der Waals surface area contributed by atoms with Crippen molar-refractivity contribution >= 4 is 17.4 Å². The van der Waals surface area contributed by atoms with Gasteiger partial charge in [0.25, 0.3) is 0 Å². The van der Waals surface area contributed by atoms with Crippen molar-refractivity contribution in [3.8, 4) is 5.75 Å². The molecule has 0 amide bonds. The first kappa shape index (κ1) is 14.6. The Balaban J connectivity index is 2.15. The smallest absolute Gasteiger partial charge is 0.198 e. The van der Waals surface area contributed by atoms with Gasteiger partial charge in [0.15, 0.2) is 16.7 Å². The minimum absolute atomic E-state index is 0.287. The number of aromatic nitrogens is 2. The third-order valence-corrected chi connectivity index (χ3v) is 3.10. The Morgan fingerprint density at radius 1 is 1.15 bits per heavy atom. The van der Waals surface area contributed by atoms with Crippen LogP contribution in [0.4, 0.5) is 5.82 Å². The molecule has 0 aliphatic carbocycles. The van der Waals surface area contributed by atoms with Gasteiger partial charge in [0, 0.05) is 13.7 Å². The molecule has 0 bridgehead atoms. The Hall–Kier alpha value is -1.85. The van der Waals surface area contributed by atoms with E-state index in [1.54, 1.807) is 7.11 Å². The zero-order chi connectivity index (χ0) is 14.4. The van der Waals surface area contributed by atoms with Gasteiger partial charge in [0.2, 0.25) is 0 Å². The van der Waals surface area contributed by atoms with Gasteiger partial charge in [-0.05, 0) is 11.1 Å². The molecular weight excluding hydrogens is 278 g/mol. The van der Waals surface area contributed by atoms with Crippen LogP contribution in [-0.4, -0.2) is 24.2 Å². The normalized spacial score (nSPS) is 10.3. The molecule has 0 saturated carbocycles. The van der Waals surface area contributed by atoms with Gasteiger partial charge in [-0.15, -0.1) is 0 Å². The summed E-state index contributed by atoms with van der Waals surface area (Å²) >= 11 is 5.96. The van der Waals surface area contributed by atoms with Gasteiger partial charge < -0.3 is 14.8 Å². The van der Waals surface area contributed by atoms with Gasteiger partial charge in [0.05, 0.1) is 13.7 Å². The molecule has 5 nitrogen and oxygen atoms in total. The molecule has 1 N–H and O–H groups in total. The van der Waals surface area contributed by atoms with Crippen molar-refractivity contribution in [2.75, 3.05) is 19.5 Å². The fourth-order valence-corrected chi connectivity index (χ4v) is 2.07. The molecule has 2 aromatic rings. The average molecular weight is 294 g/mol. The lowest BCUT2D eigenvalue weighted by Gasteiger charge is -2.12. The summed E-state index contributed by atoms with van der Waals surface area (Å²) in [5, 5.41) is 3.49. The molecule has 0 fully saturated rings. The van der Waals surface area contributed by atoms with Crippen LogP contribution in [0, 0.1) is 0 Å². The fourth-order valence-electron chi connectivity index (χ4n) is 1.86. The zero-order valence-corrected chi connectivity index (χ0v) is 12.1. The summed E-state index contributed by atoms with van der Waals surface area (Å²) < 4.78 is 10.4. The van der Waals surface area contributed by atoms with Crippen molar-refractivity contribution in [2.24, 2.45) is 0 Å². The molecule has 2 rings (SSSR count). The van der Waals surface area contributed by atoms with E-state index in [9.17, 15) is 0 Å². The maximum atomic E-state index is 5.96. The van der Waals surface area contributed by atoms with E-state index in [0.717, 1.165) is 11.1 Å². The number of benzene rings is 1. The van der Waals surface area contributed by atoms with E-state index < -0.39 is 0 Å². The molecule has 0 atom stereocenters. The summed E-state index contributed by atoms with van der Waals surface area (Å²) in [4.78, 5) is 8.02. The number of methoxy groups -OCH3 is 2. The van der Waals surface area contributed by atoms with E-state index in [1.807, 2.05) is 24.3 Å². The lowest BCUT2D eigenvalue weighted by atomic mass is 10.1. The van der Waals surface area contributed by atoms with Crippen molar-refractivity contribution < 1.29 is 9.47 Å². The molecule has 0 radical (unpaired) electrons. The molecule has 0 spiro atoms. The lowest BCUT2D eigenvalue weighted by molar-refractivity contribution is 0.184. The van der Waals surface area contributed by atoms with E-state index in [4.69, 9.17) is 21.1 Å². The second-order valence-corrected chi connectivity index (χ2v) is 4.46. The van der Waals surface area contributed by atoms with Crippen molar-refractivity contribution in [2.45, 2.75) is 13.2 Å². The Morgan fingerprint density at radius 2 is 1.90 bits per heavy atom. The second-order valence-electron chi connectivity index (χ2n) is 4.10. The Morgan fingerprint density at radius 3 is 2.60 bits per heavy atom. The third-order valence-electron chi connectivity index (χ3n) is 2.83. The van der Waals surface area contributed by atoms with Crippen LogP contribution in [0.25, 0.3) is 0 Å². The minimum atomic E-state index is 0.287. The highest BCUT2D eigenvalue weighted by atomic mass is 35.5. The van der Waals surface area contributed by atoms with E-state index in [0.29, 0.717) is 24.7 Å². The molecule has 0 aliphatic heterocycles. The fraction of sp³-hybridized carbons (Fsp3) is 0.286. The van der Waals surface area contributed by atoms with Crippen LogP contribution in [0.3, 0.4) is 0 Å². The molecule has 1 aromatic heterocycles. The van der Waals surface area contributed by atoms with Gasteiger partial charge in [-0.1, -0.05) is 35.9 Å². The van der Waals surface area contributed by atoms with Gasteiger partial charge in [-0.2, -0.15) is 0 Å². The van der Waals surface area contributed by atoms with Crippen molar-refractivity contribution in [1.82, 2.24) is 9.97 Å². The van der Waals surface area contributed by atoms with Crippen molar-refractivity contribution in [1.29, 1.82) is 0 Å².